The molecule has 3 rings (SSSR count). The topological polar surface area (TPSA) is 69.2 Å². The van der Waals surface area contributed by atoms with Crippen molar-refractivity contribution in [2.24, 2.45) is 4.99 Å². The predicted octanol–water partition coefficient (Wildman–Crippen LogP) is -0.135. The largest absolute Gasteiger partial charge is 0.379 e. The molecule has 3 fully saturated rings. The molecule has 1 saturated carbocycles. The Morgan fingerprint density at radius 3 is 2.61 bits per heavy atom. The number of amides is 1. The maximum atomic E-state index is 11.8. The molecule has 0 spiro atoms. The highest BCUT2D eigenvalue weighted by Crippen LogP contribution is 2.18. The number of likely N-dealkylation sites (tertiary alicyclic amines) is 1. The number of carbonyl (C=O) groups is 1. The van der Waals surface area contributed by atoms with Crippen LogP contribution in [0.25, 0.3) is 0 Å². The zero-order valence-electron chi connectivity index (χ0n) is 13.8. The number of carbonyl (C=O) groups excluding carboxylic acids is 1. The molecule has 132 valence electrons. The number of guanidine groups is 1. The van der Waals surface area contributed by atoms with Crippen LogP contribution >= 0.6 is 24.0 Å². The highest BCUT2D eigenvalue weighted by atomic mass is 127. The van der Waals surface area contributed by atoms with Gasteiger partial charge in [-0.15, -0.1) is 24.0 Å². The van der Waals surface area contributed by atoms with E-state index in [1.54, 1.807) is 7.05 Å². The average Bonchev–Trinajstić information content (AvgIpc) is 3.22. The summed E-state index contributed by atoms with van der Waals surface area (Å²) in [5, 5.41) is 6.18. The second-order valence-electron chi connectivity index (χ2n) is 6.28. The van der Waals surface area contributed by atoms with Crippen LogP contribution in [-0.4, -0.2) is 86.7 Å². The molecule has 8 heteroatoms. The zero-order chi connectivity index (χ0) is 15.4. The molecule has 1 atom stereocenters. The van der Waals surface area contributed by atoms with Gasteiger partial charge in [0, 0.05) is 45.3 Å². The first-order valence-electron chi connectivity index (χ1n) is 8.33. The fourth-order valence-electron chi connectivity index (χ4n) is 3.17. The summed E-state index contributed by atoms with van der Waals surface area (Å²) in [7, 11) is 1.78. The fraction of sp³-hybridized carbons (Fsp3) is 0.867. The van der Waals surface area contributed by atoms with Crippen LogP contribution in [0.1, 0.15) is 19.3 Å². The van der Waals surface area contributed by atoms with Crippen molar-refractivity contribution in [1.29, 1.82) is 0 Å². The van der Waals surface area contributed by atoms with E-state index >= 15 is 0 Å². The first-order valence-corrected chi connectivity index (χ1v) is 8.33. The molecule has 0 aromatic heterocycles. The van der Waals surface area contributed by atoms with E-state index < -0.39 is 0 Å². The van der Waals surface area contributed by atoms with E-state index in [0.29, 0.717) is 18.6 Å². The van der Waals surface area contributed by atoms with Gasteiger partial charge >= 0.3 is 0 Å². The van der Waals surface area contributed by atoms with E-state index in [1.165, 1.54) is 0 Å². The third-order valence-corrected chi connectivity index (χ3v) is 4.59. The highest BCUT2D eigenvalue weighted by molar-refractivity contribution is 14.0. The lowest BCUT2D eigenvalue weighted by Crippen LogP contribution is -2.48. The van der Waals surface area contributed by atoms with Gasteiger partial charge in [0.2, 0.25) is 5.91 Å². The molecule has 2 saturated heterocycles. The minimum atomic E-state index is 0. The fourth-order valence-corrected chi connectivity index (χ4v) is 3.17. The van der Waals surface area contributed by atoms with E-state index in [9.17, 15) is 4.79 Å². The van der Waals surface area contributed by atoms with Crippen molar-refractivity contribution in [3.05, 3.63) is 0 Å². The van der Waals surface area contributed by atoms with Crippen molar-refractivity contribution in [2.45, 2.75) is 31.3 Å². The Labute approximate surface area is 155 Å². The van der Waals surface area contributed by atoms with Gasteiger partial charge in [-0.3, -0.25) is 14.7 Å². The Bertz CT molecular complexity index is 424. The van der Waals surface area contributed by atoms with Crippen molar-refractivity contribution in [3.63, 3.8) is 0 Å². The van der Waals surface area contributed by atoms with Crippen molar-refractivity contribution >= 4 is 35.8 Å². The van der Waals surface area contributed by atoms with Gasteiger partial charge in [-0.1, -0.05) is 0 Å². The molecule has 0 radical (unpaired) electrons. The number of rotatable bonds is 4. The summed E-state index contributed by atoms with van der Waals surface area (Å²) in [6, 6.07) is 0.983. The lowest BCUT2D eigenvalue weighted by Gasteiger charge is -2.32. The van der Waals surface area contributed by atoms with Crippen molar-refractivity contribution in [1.82, 2.24) is 20.4 Å². The lowest BCUT2D eigenvalue weighted by atomic mass is 10.2. The van der Waals surface area contributed by atoms with Crippen molar-refractivity contribution < 1.29 is 9.53 Å². The van der Waals surface area contributed by atoms with Gasteiger partial charge in [-0.25, -0.2) is 0 Å². The summed E-state index contributed by atoms with van der Waals surface area (Å²) in [5.74, 6) is 0.897. The van der Waals surface area contributed by atoms with E-state index in [-0.39, 0.29) is 29.9 Å². The number of ether oxygens (including phenoxy) is 1. The van der Waals surface area contributed by atoms with Crippen molar-refractivity contribution in [3.8, 4) is 0 Å². The Hall–Kier alpha value is -0.610. The van der Waals surface area contributed by atoms with Gasteiger partial charge in [0.15, 0.2) is 5.96 Å². The molecule has 1 unspecified atom stereocenters. The second-order valence-corrected chi connectivity index (χ2v) is 6.28. The number of nitrogens with one attached hydrogen (secondary N) is 2. The zero-order valence-corrected chi connectivity index (χ0v) is 16.1. The minimum Gasteiger partial charge on any atom is -0.379 e. The van der Waals surface area contributed by atoms with Crippen LogP contribution in [0.15, 0.2) is 4.99 Å². The summed E-state index contributed by atoms with van der Waals surface area (Å²) in [6.07, 6.45) is 3.39. The SMILES string of the molecule is CN=C(NCC(=O)NC1CC1)N1CCC(N2CCOCC2)C1.I. The van der Waals surface area contributed by atoms with Crippen LogP contribution in [0.4, 0.5) is 0 Å². The van der Waals surface area contributed by atoms with Crippen LogP contribution < -0.4 is 10.6 Å². The van der Waals surface area contributed by atoms with Gasteiger partial charge in [-0.2, -0.15) is 0 Å². The molecule has 0 aromatic rings. The quantitative estimate of drug-likeness (QED) is 0.364. The predicted molar refractivity (Wildman–Crippen MR) is 100 cm³/mol. The Morgan fingerprint density at radius 2 is 1.96 bits per heavy atom. The summed E-state index contributed by atoms with van der Waals surface area (Å²) in [4.78, 5) is 20.9. The molecular formula is C15H28IN5O2. The molecule has 2 N–H and O–H groups in total. The van der Waals surface area contributed by atoms with Gasteiger partial charge < -0.3 is 20.3 Å². The van der Waals surface area contributed by atoms with Gasteiger partial charge in [0.1, 0.15) is 0 Å². The standard InChI is InChI=1S/C15H27N5O2.HI/c1-16-15(17-10-14(21)18-12-2-3-12)20-5-4-13(11-20)19-6-8-22-9-7-19;/h12-13H,2-11H2,1H3,(H,16,17)(H,18,21);1H. The van der Waals surface area contributed by atoms with Crippen LogP contribution in [0.2, 0.25) is 0 Å². The number of hydrogen-bond donors (Lipinski definition) is 2. The molecule has 0 aromatic carbocycles. The van der Waals surface area contributed by atoms with Crippen LogP contribution in [-0.2, 0) is 9.53 Å². The normalized spacial score (nSPS) is 25.9. The second kappa shape index (κ2) is 9.03. The first kappa shape index (κ1) is 18.7. The number of halogens is 1. The third kappa shape index (κ3) is 5.46. The van der Waals surface area contributed by atoms with E-state index in [4.69, 9.17) is 4.74 Å². The molecule has 3 aliphatic rings. The number of morpholine rings is 1. The molecule has 2 heterocycles. The van der Waals surface area contributed by atoms with Gasteiger partial charge in [0.05, 0.1) is 19.8 Å². The van der Waals surface area contributed by atoms with E-state index in [2.05, 4.69) is 25.4 Å². The minimum absolute atomic E-state index is 0. The molecule has 1 aliphatic carbocycles. The van der Waals surface area contributed by atoms with Crippen LogP contribution in [0.5, 0.6) is 0 Å². The van der Waals surface area contributed by atoms with Gasteiger partial charge in [-0.05, 0) is 19.3 Å². The monoisotopic (exact) mass is 437 g/mol. The molecule has 7 nitrogen and oxygen atoms in total. The summed E-state index contributed by atoms with van der Waals surface area (Å²) >= 11 is 0. The van der Waals surface area contributed by atoms with E-state index in [0.717, 1.165) is 64.6 Å². The Kier molecular flexibility index (Phi) is 7.35. The van der Waals surface area contributed by atoms with Gasteiger partial charge in [0.25, 0.3) is 0 Å². The first-order chi connectivity index (χ1) is 10.8. The average molecular weight is 437 g/mol. The number of aliphatic imine (C=N–C) groups is 1. The third-order valence-electron chi connectivity index (χ3n) is 4.59. The molecule has 1 amide bonds. The van der Waals surface area contributed by atoms with E-state index in [1.807, 2.05) is 0 Å². The Balaban J connectivity index is 0.00000192. The molecule has 23 heavy (non-hydrogen) atoms. The van der Waals surface area contributed by atoms with Crippen molar-refractivity contribution in [2.75, 3.05) is 53.0 Å². The summed E-state index contributed by atoms with van der Waals surface area (Å²) in [5.41, 5.74) is 0. The maximum Gasteiger partial charge on any atom is 0.239 e. The summed E-state index contributed by atoms with van der Waals surface area (Å²) < 4.78 is 5.42. The summed E-state index contributed by atoms with van der Waals surface area (Å²) in [6.45, 7) is 6.00. The molecular weight excluding hydrogens is 409 g/mol. The van der Waals surface area contributed by atoms with Crippen LogP contribution in [0, 0.1) is 0 Å². The lowest BCUT2D eigenvalue weighted by molar-refractivity contribution is -0.120. The molecule has 0 bridgehead atoms. The highest BCUT2D eigenvalue weighted by Gasteiger charge is 2.30. The molecule has 2 aliphatic heterocycles. The number of hydrogen-bond acceptors (Lipinski definition) is 4. The smallest absolute Gasteiger partial charge is 0.239 e. The Morgan fingerprint density at radius 1 is 1.22 bits per heavy atom. The van der Waals surface area contributed by atoms with Crippen LogP contribution in [0.3, 0.4) is 0 Å². The maximum absolute atomic E-state index is 11.8. The number of nitrogens with zero attached hydrogens (tertiary/aromatic N) is 3.